The van der Waals surface area contributed by atoms with E-state index in [2.05, 4.69) is 0 Å². The molecule has 0 heterocycles. The number of thioether (sulfide) groups is 1. The highest BCUT2D eigenvalue weighted by Crippen LogP contribution is 2.28. The molecule has 0 aliphatic heterocycles. The van der Waals surface area contributed by atoms with E-state index in [9.17, 15) is 4.79 Å². The maximum absolute atomic E-state index is 11.6. The minimum absolute atomic E-state index is 0.143. The molecule has 0 aliphatic rings. The number of carbonyl (C=O) groups is 1. The Morgan fingerprint density at radius 3 is 2.89 bits per heavy atom. The molecular weight excluding hydrogens is 250 g/mol. The van der Waals surface area contributed by atoms with Gasteiger partial charge < -0.3 is 15.6 Å². The number of nitrogens with two attached hydrogens (primary N) is 1. The van der Waals surface area contributed by atoms with Crippen LogP contribution in [-0.2, 0) is 4.74 Å². The second kappa shape index (κ2) is 7.28. The summed E-state index contributed by atoms with van der Waals surface area (Å²) in [5.41, 5.74) is 7.00. The molecule has 18 heavy (non-hydrogen) atoms. The Morgan fingerprint density at radius 1 is 1.56 bits per heavy atom. The van der Waals surface area contributed by atoms with E-state index in [-0.39, 0.29) is 18.5 Å². The van der Waals surface area contributed by atoms with Crippen molar-refractivity contribution in [2.75, 3.05) is 24.7 Å². The Kier molecular flexibility index (Phi) is 6.01. The van der Waals surface area contributed by atoms with Gasteiger partial charge in [0.2, 0.25) is 0 Å². The molecule has 1 unspecified atom stereocenters. The van der Waals surface area contributed by atoms with Crippen molar-refractivity contribution in [1.29, 1.82) is 0 Å². The zero-order chi connectivity index (χ0) is 13.5. The molecular formula is C13H19NO3S. The number of aliphatic hydroxyl groups is 1. The van der Waals surface area contributed by atoms with Gasteiger partial charge in [-0.1, -0.05) is 6.92 Å². The molecule has 1 rings (SSSR count). The van der Waals surface area contributed by atoms with Crippen LogP contribution in [0.2, 0.25) is 0 Å². The summed E-state index contributed by atoms with van der Waals surface area (Å²) in [6.45, 7) is 4.23. The average Bonchev–Trinajstić information content (AvgIpc) is 2.37. The minimum Gasteiger partial charge on any atom is -0.462 e. The van der Waals surface area contributed by atoms with E-state index in [0.717, 1.165) is 10.6 Å². The second-order valence-electron chi connectivity index (χ2n) is 4.07. The second-order valence-corrected chi connectivity index (χ2v) is 5.13. The van der Waals surface area contributed by atoms with Crippen molar-refractivity contribution in [3.8, 4) is 0 Å². The van der Waals surface area contributed by atoms with Crippen LogP contribution in [0, 0.1) is 5.92 Å². The van der Waals surface area contributed by atoms with Gasteiger partial charge in [-0.2, -0.15) is 0 Å². The zero-order valence-electron chi connectivity index (χ0n) is 10.7. The van der Waals surface area contributed by atoms with Gasteiger partial charge in [-0.3, -0.25) is 0 Å². The molecule has 3 N–H and O–H groups in total. The molecule has 0 aliphatic carbocycles. The number of rotatable bonds is 6. The van der Waals surface area contributed by atoms with Crippen LogP contribution in [0.4, 0.5) is 5.69 Å². The third-order valence-corrected chi connectivity index (χ3v) is 3.76. The van der Waals surface area contributed by atoms with Gasteiger partial charge in [-0.25, -0.2) is 4.79 Å². The fourth-order valence-corrected chi connectivity index (χ4v) is 2.30. The lowest BCUT2D eigenvalue weighted by molar-refractivity contribution is 0.0526. The number of hydrogen-bond acceptors (Lipinski definition) is 5. The summed E-state index contributed by atoms with van der Waals surface area (Å²) in [6, 6.07) is 5.10. The zero-order valence-corrected chi connectivity index (χ0v) is 11.5. The molecule has 1 aromatic rings. The molecule has 1 atom stereocenters. The van der Waals surface area contributed by atoms with Gasteiger partial charge in [-0.05, 0) is 31.0 Å². The van der Waals surface area contributed by atoms with Crippen LogP contribution in [0.25, 0.3) is 0 Å². The molecule has 0 saturated carbocycles. The maximum atomic E-state index is 11.6. The third-order valence-electron chi connectivity index (χ3n) is 2.36. The first-order chi connectivity index (χ1) is 8.58. The number of benzene rings is 1. The lowest BCUT2D eigenvalue weighted by Crippen LogP contribution is -2.06. The normalized spacial score (nSPS) is 12.2. The quantitative estimate of drug-likeness (QED) is 0.470. The predicted molar refractivity (Wildman–Crippen MR) is 73.8 cm³/mol. The van der Waals surface area contributed by atoms with Gasteiger partial charge in [0.05, 0.1) is 12.2 Å². The van der Waals surface area contributed by atoms with E-state index < -0.39 is 0 Å². The average molecular weight is 269 g/mol. The molecule has 0 aromatic heterocycles. The summed E-state index contributed by atoms with van der Waals surface area (Å²) in [5, 5.41) is 8.98. The first-order valence-electron chi connectivity index (χ1n) is 5.88. The van der Waals surface area contributed by atoms with Crippen LogP contribution in [0.3, 0.4) is 0 Å². The summed E-state index contributed by atoms with van der Waals surface area (Å²) < 4.78 is 4.94. The predicted octanol–water partition coefficient (Wildman–Crippen LogP) is 2.17. The molecule has 0 spiro atoms. The van der Waals surface area contributed by atoms with Gasteiger partial charge in [0.25, 0.3) is 0 Å². The lowest BCUT2D eigenvalue weighted by Gasteiger charge is -2.10. The van der Waals surface area contributed by atoms with Gasteiger partial charge >= 0.3 is 5.97 Å². The fraction of sp³-hybridized carbons (Fsp3) is 0.462. The van der Waals surface area contributed by atoms with Crippen LogP contribution in [0.15, 0.2) is 23.1 Å². The largest absolute Gasteiger partial charge is 0.462 e. The molecule has 100 valence electrons. The van der Waals surface area contributed by atoms with Crippen molar-refractivity contribution in [3.05, 3.63) is 23.8 Å². The molecule has 4 nitrogen and oxygen atoms in total. The highest BCUT2D eigenvalue weighted by molar-refractivity contribution is 7.99. The Balaban J connectivity index is 2.78. The van der Waals surface area contributed by atoms with Gasteiger partial charge in [0, 0.05) is 22.9 Å². The first-order valence-corrected chi connectivity index (χ1v) is 6.87. The van der Waals surface area contributed by atoms with Gasteiger partial charge in [0.1, 0.15) is 0 Å². The Morgan fingerprint density at radius 2 is 2.28 bits per heavy atom. The lowest BCUT2D eigenvalue weighted by atomic mass is 10.2. The molecule has 0 fully saturated rings. The number of ether oxygens (including phenoxy) is 1. The smallest absolute Gasteiger partial charge is 0.338 e. The summed E-state index contributed by atoms with van der Waals surface area (Å²) >= 11 is 1.54. The molecule has 0 radical (unpaired) electrons. The monoisotopic (exact) mass is 269 g/mol. The number of esters is 1. The number of nitrogen functional groups attached to an aromatic ring is 1. The molecule has 1 aromatic carbocycles. The maximum Gasteiger partial charge on any atom is 0.338 e. The topological polar surface area (TPSA) is 72.5 Å². The van der Waals surface area contributed by atoms with Crippen LogP contribution >= 0.6 is 11.8 Å². The fourth-order valence-electron chi connectivity index (χ4n) is 1.29. The van der Waals surface area contributed by atoms with E-state index in [1.54, 1.807) is 25.1 Å². The van der Waals surface area contributed by atoms with Crippen molar-refractivity contribution < 1.29 is 14.6 Å². The number of aliphatic hydroxyl groups excluding tert-OH is 1. The minimum atomic E-state index is -0.338. The van der Waals surface area contributed by atoms with Crippen LogP contribution in [0.5, 0.6) is 0 Å². The first kappa shape index (κ1) is 14.9. The van der Waals surface area contributed by atoms with Gasteiger partial charge in [0.15, 0.2) is 0 Å². The van der Waals surface area contributed by atoms with Crippen molar-refractivity contribution in [2.45, 2.75) is 18.7 Å². The van der Waals surface area contributed by atoms with E-state index in [4.69, 9.17) is 15.6 Å². The SMILES string of the molecule is CCOC(=O)c1ccc(N)c(SCC(C)CO)c1. The van der Waals surface area contributed by atoms with Gasteiger partial charge in [-0.15, -0.1) is 11.8 Å². The van der Waals surface area contributed by atoms with Crippen LogP contribution in [-0.4, -0.2) is 30.0 Å². The highest BCUT2D eigenvalue weighted by atomic mass is 32.2. The summed E-state index contributed by atoms with van der Waals surface area (Å²) in [4.78, 5) is 12.4. The molecule has 5 heteroatoms. The summed E-state index contributed by atoms with van der Waals surface area (Å²) in [7, 11) is 0. The summed E-state index contributed by atoms with van der Waals surface area (Å²) in [6.07, 6.45) is 0. The third kappa shape index (κ3) is 4.23. The van der Waals surface area contributed by atoms with Crippen molar-refractivity contribution in [3.63, 3.8) is 0 Å². The van der Waals surface area contributed by atoms with E-state index in [1.165, 1.54) is 11.8 Å². The molecule has 0 bridgehead atoms. The van der Waals surface area contributed by atoms with Crippen LogP contribution in [0.1, 0.15) is 24.2 Å². The highest BCUT2D eigenvalue weighted by Gasteiger charge is 2.10. The Labute approximate surface area is 112 Å². The summed E-state index contributed by atoms with van der Waals surface area (Å²) in [5.74, 6) is 0.614. The van der Waals surface area contributed by atoms with Crippen molar-refractivity contribution in [1.82, 2.24) is 0 Å². The van der Waals surface area contributed by atoms with E-state index >= 15 is 0 Å². The van der Waals surface area contributed by atoms with Crippen LogP contribution < -0.4 is 5.73 Å². The molecule has 0 saturated heterocycles. The van der Waals surface area contributed by atoms with E-state index in [0.29, 0.717) is 17.9 Å². The Bertz CT molecular complexity index is 409. The number of carbonyl (C=O) groups excluding carboxylic acids is 1. The number of anilines is 1. The standard InChI is InChI=1S/C13H19NO3S/c1-3-17-13(16)10-4-5-11(14)12(6-10)18-8-9(2)7-15/h4-6,9,15H,3,7-8,14H2,1-2H3. The van der Waals surface area contributed by atoms with E-state index in [1.807, 2.05) is 6.92 Å². The Hall–Kier alpha value is -1.20. The number of hydrogen-bond donors (Lipinski definition) is 2. The molecule has 0 amide bonds. The van der Waals surface area contributed by atoms with Crippen molar-refractivity contribution >= 4 is 23.4 Å². The van der Waals surface area contributed by atoms with Crippen molar-refractivity contribution in [2.24, 2.45) is 5.92 Å².